The van der Waals surface area contributed by atoms with Gasteiger partial charge in [0.25, 0.3) is 0 Å². The Hall–Kier alpha value is 0.194. The molecule has 0 saturated carbocycles. The number of Topliss-reactive ketones (excluding diaryl/α,β-unsaturated/α-hetero) is 1. The fraction of sp³-hybridized carbons (Fsp3) is 0.870. The Kier molecular flexibility index (Phi) is 25.0. The van der Waals surface area contributed by atoms with Crippen LogP contribution in [0.4, 0.5) is 0 Å². The van der Waals surface area contributed by atoms with Crippen molar-refractivity contribution in [3.63, 3.8) is 0 Å². The standard InChI is InChI=1S/C20H39NO4.C3H8.Y.H2/c1-7-19(5,11-15-23-17-13-21-9-3)25-16-12-20(6,8-2)24-14-10-18(4)22;1-3-2;;/h9,21H,3,7-8,10-17H2,1-2,4-6H3;3H2,1-2H3;;1H. The van der Waals surface area contributed by atoms with E-state index in [1.54, 1.807) is 13.1 Å². The van der Waals surface area contributed by atoms with Gasteiger partial charge in [-0.3, -0.25) is 4.79 Å². The van der Waals surface area contributed by atoms with Crippen LogP contribution in [0.3, 0.4) is 0 Å². The van der Waals surface area contributed by atoms with Gasteiger partial charge in [-0.25, -0.2) is 0 Å². The first-order chi connectivity index (χ1) is 13.2. The molecule has 0 bridgehead atoms. The van der Waals surface area contributed by atoms with Gasteiger partial charge >= 0.3 is 0 Å². The number of carbonyl (C=O) groups is 1. The first kappa shape index (κ1) is 33.8. The van der Waals surface area contributed by atoms with Crippen LogP contribution >= 0.6 is 0 Å². The van der Waals surface area contributed by atoms with Crippen LogP contribution in [-0.4, -0.2) is 50.0 Å². The molecule has 29 heavy (non-hydrogen) atoms. The molecule has 0 aliphatic carbocycles. The molecule has 0 aromatic heterocycles. The largest absolute Gasteiger partial charge is 0.389 e. The second-order valence-electron chi connectivity index (χ2n) is 7.73. The van der Waals surface area contributed by atoms with Crippen molar-refractivity contribution in [1.29, 1.82) is 0 Å². The van der Waals surface area contributed by atoms with E-state index in [2.05, 4.69) is 53.4 Å². The summed E-state index contributed by atoms with van der Waals surface area (Å²) in [6, 6.07) is 0. The summed E-state index contributed by atoms with van der Waals surface area (Å²) < 4.78 is 17.7. The summed E-state index contributed by atoms with van der Waals surface area (Å²) in [5, 5.41) is 3.01. The molecule has 0 heterocycles. The van der Waals surface area contributed by atoms with Crippen molar-refractivity contribution >= 4 is 5.78 Å². The summed E-state index contributed by atoms with van der Waals surface area (Å²) in [6.07, 6.45) is 6.92. The van der Waals surface area contributed by atoms with Crippen molar-refractivity contribution in [2.45, 2.75) is 98.2 Å². The zero-order valence-corrected chi connectivity index (χ0v) is 23.1. The zero-order chi connectivity index (χ0) is 21.9. The maximum Gasteiger partial charge on any atom is 0.132 e. The predicted octanol–water partition coefficient (Wildman–Crippen LogP) is 5.53. The monoisotopic (exact) mass is 492 g/mol. The van der Waals surface area contributed by atoms with E-state index in [1.165, 1.54) is 6.42 Å². The van der Waals surface area contributed by atoms with Crippen molar-refractivity contribution < 1.29 is 53.1 Å². The van der Waals surface area contributed by atoms with Crippen LogP contribution in [0.1, 0.15) is 88.4 Å². The van der Waals surface area contributed by atoms with E-state index in [9.17, 15) is 4.79 Å². The van der Waals surface area contributed by atoms with Crippen LogP contribution in [0, 0.1) is 0 Å². The minimum atomic E-state index is -0.239. The minimum absolute atomic E-state index is 0. The molecule has 2 atom stereocenters. The first-order valence-electron chi connectivity index (χ1n) is 10.9. The maximum atomic E-state index is 11.1. The predicted molar refractivity (Wildman–Crippen MR) is 121 cm³/mol. The summed E-state index contributed by atoms with van der Waals surface area (Å²) >= 11 is 0. The minimum Gasteiger partial charge on any atom is -0.389 e. The van der Waals surface area contributed by atoms with Crippen LogP contribution in [0.25, 0.3) is 0 Å². The number of hydrogen-bond acceptors (Lipinski definition) is 5. The molecule has 0 fully saturated rings. The molecule has 0 rings (SSSR count). The van der Waals surface area contributed by atoms with Crippen LogP contribution in [0.2, 0.25) is 0 Å². The molecule has 173 valence electrons. The molecular weight excluding hydrogens is 443 g/mol. The Morgan fingerprint density at radius 2 is 1.45 bits per heavy atom. The van der Waals surface area contributed by atoms with E-state index in [0.717, 1.165) is 32.2 Å². The summed E-state index contributed by atoms with van der Waals surface area (Å²) in [5.74, 6) is 0.163. The fourth-order valence-corrected chi connectivity index (χ4v) is 2.28. The second kappa shape index (κ2) is 21.4. The van der Waals surface area contributed by atoms with Crippen LogP contribution in [0.5, 0.6) is 0 Å². The molecule has 0 amide bonds. The third kappa shape index (κ3) is 21.2. The van der Waals surface area contributed by atoms with E-state index in [4.69, 9.17) is 14.2 Å². The van der Waals surface area contributed by atoms with Gasteiger partial charge in [-0.15, -0.1) is 0 Å². The molecule has 1 radical (unpaired) electrons. The van der Waals surface area contributed by atoms with E-state index in [0.29, 0.717) is 32.8 Å². The van der Waals surface area contributed by atoms with Gasteiger partial charge in [0, 0.05) is 53.7 Å². The van der Waals surface area contributed by atoms with Crippen molar-refractivity contribution in [2.24, 2.45) is 0 Å². The molecule has 5 nitrogen and oxygen atoms in total. The number of ketones is 1. The van der Waals surface area contributed by atoms with E-state index in [-0.39, 0.29) is 51.1 Å². The Bertz CT molecular complexity index is 401. The van der Waals surface area contributed by atoms with Crippen LogP contribution in [0.15, 0.2) is 12.8 Å². The van der Waals surface area contributed by atoms with Gasteiger partial charge < -0.3 is 19.5 Å². The maximum absolute atomic E-state index is 11.1. The average Bonchev–Trinajstić information content (AvgIpc) is 2.65. The van der Waals surface area contributed by atoms with Gasteiger partial charge in [-0.1, -0.05) is 40.7 Å². The third-order valence-electron chi connectivity index (χ3n) is 4.79. The fourth-order valence-electron chi connectivity index (χ4n) is 2.28. The molecule has 0 aliphatic rings. The Morgan fingerprint density at radius 3 is 1.90 bits per heavy atom. The normalized spacial score (nSPS) is 14.4. The number of ether oxygens (including phenoxy) is 3. The molecule has 1 N–H and O–H groups in total. The molecule has 0 aromatic carbocycles. The summed E-state index contributed by atoms with van der Waals surface area (Å²) in [5.41, 5.74) is -0.420. The van der Waals surface area contributed by atoms with Crippen molar-refractivity contribution in [1.82, 2.24) is 5.32 Å². The van der Waals surface area contributed by atoms with E-state index in [1.807, 2.05) is 0 Å². The van der Waals surface area contributed by atoms with Gasteiger partial charge in [-0.2, -0.15) is 0 Å². The third-order valence-corrected chi connectivity index (χ3v) is 4.79. The molecule has 2 unspecified atom stereocenters. The number of rotatable bonds is 17. The Labute approximate surface area is 207 Å². The van der Waals surface area contributed by atoms with E-state index >= 15 is 0 Å². The quantitative estimate of drug-likeness (QED) is 0.271. The molecule has 0 aromatic rings. The SMILES string of the molecule is C=CNCCOCCC(C)(CC)OCCC(C)(CC)OCCC(C)=O.CCC.[HH].[Y]. The van der Waals surface area contributed by atoms with Crippen molar-refractivity contribution in [3.8, 4) is 0 Å². The second-order valence-corrected chi connectivity index (χ2v) is 7.73. The van der Waals surface area contributed by atoms with Crippen LogP contribution in [-0.2, 0) is 51.7 Å². The molecule has 6 heteroatoms. The summed E-state index contributed by atoms with van der Waals surface area (Å²) in [6.45, 7) is 21.2. The van der Waals surface area contributed by atoms with Gasteiger partial charge in [0.1, 0.15) is 5.78 Å². The number of carbonyl (C=O) groups excluding carboxylic acids is 1. The Balaban J connectivity index is -0.000000634. The van der Waals surface area contributed by atoms with E-state index < -0.39 is 0 Å². The van der Waals surface area contributed by atoms with Crippen LogP contribution < -0.4 is 5.32 Å². The molecule has 0 saturated heterocycles. The number of nitrogens with one attached hydrogen (secondary N) is 1. The zero-order valence-electron chi connectivity index (χ0n) is 20.3. The smallest absolute Gasteiger partial charge is 0.132 e. The van der Waals surface area contributed by atoms with Gasteiger partial charge in [-0.05, 0) is 52.7 Å². The van der Waals surface area contributed by atoms with Gasteiger partial charge in [0.15, 0.2) is 0 Å². The van der Waals surface area contributed by atoms with Crippen molar-refractivity contribution in [2.75, 3.05) is 33.0 Å². The molecule has 0 aliphatic heterocycles. The van der Waals surface area contributed by atoms with Crippen molar-refractivity contribution in [3.05, 3.63) is 12.8 Å². The van der Waals surface area contributed by atoms with Gasteiger partial charge in [0.05, 0.1) is 31.0 Å². The van der Waals surface area contributed by atoms with Gasteiger partial charge in [0.2, 0.25) is 0 Å². The first-order valence-corrected chi connectivity index (χ1v) is 10.9. The number of hydrogen-bond donors (Lipinski definition) is 1. The summed E-state index contributed by atoms with van der Waals surface area (Å²) in [7, 11) is 0. The topological polar surface area (TPSA) is 56.8 Å². The molecular formula is C23H49NO4Y. The summed E-state index contributed by atoms with van der Waals surface area (Å²) in [4.78, 5) is 11.1. The average molecular weight is 493 g/mol. The Morgan fingerprint density at radius 1 is 0.966 bits per heavy atom. The molecule has 0 spiro atoms.